The van der Waals surface area contributed by atoms with Gasteiger partial charge < -0.3 is 37.9 Å². The topological polar surface area (TPSA) is 90.9 Å². The standard InChI is InChI=1S/C22H26O9/c1-24-15-8-11(18(26-3)22(30-7)20(15)28-5)13-9-12(23)17-14(31-13)10-16(25-2)19(27-4)21(17)29-6/h8,10,13H,9H2,1-7H3/t13-/m1/s1. The molecule has 0 aromatic heterocycles. The third kappa shape index (κ3) is 3.60. The SMILES string of the molecule is COc1cc([C@H]2CC(=O)c3c(cc(OC)c(OC)c3OC)O2)c(OC)c(OC)c1OC. The van der Waals surface area contributed by atoms with Crippen LogP contribution in [0.2, 0.25) is 0 Å². The largest absolute Gasteiger partial charge is 0.493 e. The normalized spacial score (nSPS) is 14.8. The molecule has 0 aliphatic carbocycles. The first-order valence-corrected chi connectivity index (χ1v) is 9.39. The van der Waals surface area contributed by atoms with Gasteiger partial charge in [0, 0.05) is 11.6 Å². The molecule has 3 rings (SSSR count). The van der Waals surface area contributed by atoms with E-state index in [9.17, 15) is 4.79 Å². The fourth-order valence-electron chi connectivity index (χ4n) is 3.73. The Kier molecular flexibility index (Phi) is 6.53. The summed E-state index contributed by atoms with van der Waals surface area (Å²) < 4.78 is 44.4. The van der Waals surface area contributed by atoms with Crippen LogP contribution in [-0.2, 0) is 0 Å². The van der Waals surface area contributed by atoms with Gasteiger partial charge in [0.15, 0.2) is 28.8 Å². The summed E-state index contributed by atoms with van der Waals surface area (Å²) in [5, 5.41) is 0. The Balaban J connectivity index is 2.18. The fourth-order valence-corrected chi connectivity index (χ4v) is 3.73. The molecule has 0 saturated heterocycles. The van der Waals surface area contributed by atoms with Gasteiger partial charge in [-0.15, -0.1) is 0 Å². The van der Waals surface area contributed by atoms with E-state index in [0.29, 0.717) is 51.4 Å². The highest BCUT2D eigenvalue weighted by atomic mass is 16.6. The van der Waals surface area contributed by atoms with Crippen LogP contribution in [0.3, 0.4) is 0 Å². The second-order valence-corrected chi connectivity index (χ2v) is 6.52. The van der Waals surface area contributed by atoms with Crippen molar-refractivity contribution in [2.75, 3.05) is 49.8 Å². The Hall–Kier alpha value is -3.49. The number of ether oxygens (including phenoxy) is 8. The molecule has 0 spiro atoms. The number of methoxy groups -OCH3 is 7. The van der Waals surface area contributed by atoms with Crippen molar-refractivity contribution in [2.24, 2.45) is 0 Å². The zero-order valence-corrected chi connectivity index (χ0v) is 18.6. The monoisotopic (exact) mass is 434 g/mol. The Morgan fingerprint density at radius 1 is 0.677 bits per heavy atom. The van der Waals surface area contributed by atoms with Crippen LogP contribution in [0.4, 0.5) is 0 Å². The van der Waals surface area contributed by atoms with Gasteiger partial charge in [0.05, 0.1) is 56.2 Å². The van der Waals surface area contributed by atoms with Gasteiger partial charge in [-0.05, 0) is 6.07 Å². The summed E-state index contributed by atoms with van der Waals surface area (Å²) >= 11 is 0. The fraction of sp³-hybridized carbons (Fsp3) is 0.409. The van der Waals surface area contributed by atoms with Gasteiger partial charge in [-0.1, -0.05) is 0 Å². The maximum absolute atomic E-state index is 13.2. The van der Waals surface area contributed by atoms with Crippen molar-refractivity contribution in [1.29, 1.82) is 0 Å². The highest BCUT2D eigenvalue weighted by Gasteiger charge is 2.37. The average molecular weight is 434 g/mol. The summed E-state index contributed by atoms with van der Waals surface area (Å²) in [5.41, 5.74) is 0.868. The lowest BCUT2D eigenvalue weighted by Gasteiger charge is -2.29. The van der Waals surface area contributed by atoms with Crippen LogP contribution in [-0.4, -0.2) is 55.6 Å². The van der Waals surface area contributed by atoms with E-state index in [4.69, 9.17) is 37.9 Å². The first-order chi connectivity index (χ1) is 15.0. The van der Waals surface area contributed by atoms with Crippen LogP contribution in [0.5, 0.6) is 46.0 Å². The summed E-state index contributed by atoms with van der Waals surface area (Å²) in [5.74, 6) is 2.61. The number of carbonyl (C=O) groups is 1. The number of Topliss-reactive ketones (excluding diaryl/α,β-unsaturated/α-hetero) is 1. The zero-order chi connectivity index (χ0) is 22.7. The van der Waals surface area contributed by atoms with Crippen LogP contribution in [0, 0.1) is 0 Å². The van der Waals surface area contributed by atoms with E-state index in [-0.39, 0.29) is 18.0 Å². The molecular weight excluding hydrogens is 408 g/mol. The van der Waals surface area contributed by atoms with Crippen molar-refractivity contribution in [3.63, 3.8) is 0 Å². The molecule has 168 valence electrons. The van der Waals surface area contributed by atoms with Crippen molar-refractivity contribution in [3.05, 3.63) is 23.3 Å². The minimum Gasteiger partial charge on any atom is -0.493 e. The van der Waals surface area contributed by atoms with Crippen LogP contribution >= 0.6 is 0 Å². The molecule has 0 bridgehead atoms. The molecule has 0 fully saturated rings. The molecule has 2 aromatic rings. The summed E-state index contributed by atoms with van der Waals surface area (Å²) in [6.45, 7) is 0. The molecule has 1 aliphatic rings. The Labute approximate surface area is 180 Å². The maximum atomic E-state index is 13.2. The molecule has 2 aromatic carbocycles. The lowest BCUT2D eigenvalue weighted by Crippen LogP contribution is -2.22. The lowest BCUT2D eigenvalue weighted by molar-refractivity contribution is 0.0838. The predicted octanol–water partition coefficient (Wildman–Crippen LogP) is 3.45. The first kappa shape index (κ1) is 22.2. The van der Waals surface area contributed by atoms with E-state index in [2.05, 4.69) is 0 Å². The van der Waals surface area contributed by atoms with Gasteiger partial charge in [-0.3, -0.25) is 4.79 Å². The molecule has 0 saturated carbocycles. The van der Waals surface area contributed by atoms with Crippen molar-refractivity contribution in [3.8, 4) is 46.0 Å². The van der Waals surface area contributed by atoms with Crippen molar-refractivity contribution in [2.45, 2.75) is 12.5 Å². The van der Waals surface area contributed by atoms with Gasteiger partial charge in [0.1, 0.15) is 17.4 Å². The third-order valence-electron chi connectivity index (χ3n) is 5.08. The highest BCUT2D eigenvalue weighted by molar-refractivity contribution is 6.04. The molecule has 1 heterocycles. The van der Waals surface area contributed by atoms with Crippen molar-refractivity contribution >= 4 is 5.78 Å². The maximum Gasteiger partial charge on any atom is 0.207 e. The second kappa shape index (κ2) is 9.11. The number of fused-ring (bicyclic) bond motifs is 1. The smallest absolute Gasteiger partial charge is 0.207 e. The minimum absolute atomic E-state index is 0.0356. The van der Waals surface area contributed by atoms with Crippen molar-refractivity contribution < 1.29 is 42.7 Å². The van der Waals surface area contributed by atoms with Crippen LogP contribution in [0.25, 0.3) is 0 Å². The number of ketones is 1. The van der Waals surface area contributed by atoms with E-state index in [1.807, 2.05) is 0 Å². The summed E-state index contributed by atoms with van der Waals surface area (Å²) in [4.78, 5) is 13.2. The molecular formula is C22H26O9. The second-order valence-electron chi connectivity index (χ2n) is 6.52. The zero-order valence-electron chi connectivity index (χ0n) is 18.6. The average Bonchev–Trinajstić information content (AvgIpc) is 2.80. The molecule has 0 radical (unpaired) electrons. The molecule has 0 amide bonds. The Morgan fingerprint density at radius 2 is 1.19 bits per heavy atom. The van der Waals surface area contributed by atoms with E-state index < -0.39 is 6.10 Å². The van der Waals surface area contributed by atoms with E-state index in [0.717, 1.165) is 0 Å². The minimum atomic E-state index is -0.675. The summed E-state index contributed by atoms with van der Waals surface area (Å²) in [6, 6.07) is 3.31. The number of benzene rings is 2. The lowest BCUT2D eigenvalue weighted by atomic mass is 9.94. The predicted molar refractivity (Wildman–Crippen MR) is 111 cm³/mol. The number of rotatable bonds is 8. The van der Waals surface area contributed by atoms with Crippen LogP contribution in [0.15, 0.2) is 12.1 Å². The quantitative estimate of drug-likeness (QED) is 0.619. The molecule has 0 N–H and O–H groups in total. The highest BCUT2D eigenvalue weighted by Crippen LogP contribution is 2.53. The van der Waals surface area contributed by atoms with Gasteiger partial charge in [0.2, 0.25) is 17.2 Å². The van der Waals surface area contributed by atoms with Gasteiger partial charge in [0.25, 0.3) is 0 Å². The van der Waals surface area contributed by atoms with Gasteiger partial charge in [-0.2, -0.15) is 0 Å². The van der Waals surface area contributed by atoms with E-state index in [1.165, 1.54) is 49.8 Å². The third-order valence-corrected chi connectivity index (χ3v) is 5.08. The first-order valence-electron chi connectivity index (χ1n) is 9.39. The molecule has 0 unspecified atom stereocenters. The molecule has 1 aliphatic heterocycles. The van der Waals surface area contributed by atoms with Crippen LogP contribution in [0.1, 0.15) is 28.4 Å². The van der Waals surface area contributed by atoms with Gasteiger partial charge in [-0.25, -0.2) is 0 Å². The molecule has 9 nitrogen and oxygen atoms in total. The summed E-state index contributed by atoms with van der Waals surface area (Å²) in [6.07, 6.45) is -0.639. The van der Waals surface area contributed by atoms with Crippen LogP contribution < -0.4 is 37.9 Å². The summed E-state index contributed by atoms with van der Waals surface area (Å²) in [7, 11) is 10.4. The van der Waals surface area contributed by atoms with E-state index in [1.54, 1.807) is 12.1 Å². The van der Waals surface area contributed by atoms with Gasteiger partial charge >= 0.3 is 0 Å². The number of hydrogen-bond donors (Lipinski definition) is 0. The molecule has 1 atom stereocenters. The Bertz CT molecular complexity index is 984. The molecule has 9 heteroatoms. The Morgan fingerprint density at radius 3 is 1.71 bits per heavy atom. The molecule has 31 heavy (non-hydrogen) atoms. The van der Waals surface area contributed by atoms with E-state index >= 15 is 0 Å². The van der Waals surface area contributed by atoms with Crippen molar-refractivity contribution in [1.82, 2.24) is 0 Å². The number of carbonyl (C=O) groups excluding carboxylic acids is 1. The number of hydrogen-bond acceptors (Lipinski definition) is 9.